The molecule has 0 aliphatic heterocycles. The molecule has 0 heterocycles. The monoisotopic (exact) mass is 335 g/mol. The Morgan fingerprint density at radius 2 is 1.75 bits per heavy atom. The lowest BCUT2D eigenvalue weighted by Gasteiger charge is -2.17. The second kappa shape index (κ2) is 11.5. The normalized spacial score (nSPS) is 13.0. The molecule has 0 aliphatic rings. The second-order valence-electron chi connectivity index (χ2n) is 5.90. The molecule has 24 heavy (non-hydrogen) atoms. The molecule has 1 aromatic rings. The SMILES string of the molecule is CC[C@H](C)[C@H](N)C(=O)NCCCCNC(=O)OCc1ccccc1. The van der Waals surface area contributed by atoms with Crippen molar-refractivity contribution in [3.05, 3.63) is 35.9 Å². The number of unbranched alkanes of at least 4 members (excludes halogenated alkanes) is 1. The summed E-state index contributed by atoms with van der Waals surface area (Å²) >= 11 is 0. The van der Waals surface area contributed by atoms with E-state index in [0.29, 0.717) is 13.1 Å². The molecule has 4 N–H and O–H groups in total. The van der Waals surface area contributed by atoms with Gasteiger partial charge in [-0.25, -0.2) is 4.79 Å². The van der Waals surface area contributed by atoms with Crippen molar-refractivity contribution in [2.24, 2.45) is 11.7 Å². The molecule has 2 atom stereocenters. The van der Waals surface area contributed by atoms with Crippen LogP contribution in [0.15, 0.2) is 30.3 Å². The third-order valence-corrected chi connectivity index (χ3v) is 3.94. The number of benzene rings is 1. The predicted molar refractivity (Wildman–Crippen MR) is 94.3 cm³/mol. The summed E-state index contributed by atoms with van der Waals surface area (Å²) in [7, 11) is 0. The summed E-state index contributed by atoms with van der Waals surface area (Å²) in [6, 6.07) is 9.06. The molecule has 1 rings (SSSR count). The van der Waals surface area contributed by atoms with Crippen molar-refractivity contribution in [1.82, 2.24) is 10.6 Å². The van der Waals surface area contributed by atoms with Gasteiger partial charge in [0.05, 0.1) is 6.04 Å². The Labute approximate surface area is 144 Å². The standard InChI is InChI=1S/C18H29N3O3/c1-3-14(2)16(19)17(22)20-11-7-8-12-21-18(23)24-13-15-9-5-4-6-10-15/h4-6,9-10,14,16H,3,7-8,11-13,19H2,1-2H3,(H,20,22)(H,21,23)/t14-,16-/m0/s1. The molecule has 134 valence electrons. The average molecular weight is 335 g/mol. The van der Waals surface area contributed by atoms with Crippen LogP contribution < -0.4 is 16.4 Å². The van der Waals surface area contributed by atoms with Crippen LogP contribution in [0.5, 0.6) is 0 Å². The number of alkyl carbamates (subject to hydrolysis) is 1. The van der Waals surface area contributed by atoms with Gasteiger partial charge in [-0.3, -0.25) is 4.79 Å². The maximum absolute atomic E-state index is 11.8. The fourth-order valence-electron chi connectivity index (χ4n) is 2.06. The van der Waals surface area contributed by atoms with Gasteiger partial charge in [0, 0.05) is 13.1 Å². The Bertz CT molecular complexity index is 494. The summed E-state index contributed by atoms with van der Waals surface area (Å²) in [6.07, 6.45) is 1.99. The topological polar surface area (TPSA) is 93.5 Å². The molecule has 0 saturated heterocycles. The number of amides is 2. The van der Waals surface area contributed by atoms with Gasteiger partial charge in [0.2, 0.25) is 5.91 Å². The fourth-order valence-corrected chi connectivity index (χ4v) is 2.06. The Morgan fingerprint density at radius 3 is 2.38 bits per heavy atom. The van der Waals surface area contributed by atoms with Gasteiger partial charge >= 0.3 is 6.09 Å². The van der Waals surface area contributed by atoms with Crippen molar-refractivity contribution < 1.29 is 14.3 Å². The Kier molecular flexibility index (Phi) is 9.53. The predicted octanol–water partition coefficient (Wildman–Crippen LogP) is 2.18. The highest BCUT2D eigenvalue weighted by Crippen LogP contribution is 2.05. The Balaban J connectivity index is 2.03. The van der Waals surface area contributed by atoms with Crippen LogP contribution in [0.1, 0.15) is 38.7 Å². The fraction of sp³-hybridized carbons (Fsp3) is 0.556. The van der Waals surface area contributed by atoms with Crippen LogP contribution in [0.3, 0.4) is 0 Å². The zero-order valence-corrected chi connectivity index (χ0v) is 14.6. The van der Waals surface area contributed by atoms with E-state index in [1.165, 1.54) is 0 Å². The van der Waals surface area contributed by atoms with Crippen molar-refractivity contribution in [3.63, 3.8) is 0 Å². The first kappa shape index (κ1) is 20.0. The number of ether oxygens (including phenoxy) is 1. The summed E-state index contributed by atoms with van der Waals surface area (Å²) < 4.78 is 5.11. The maximum atomic E-state index is 11.8. The van der Waals surface area contributed by atoms with Crippen molar-refractivity contribution in [1.29, 1.82) is 0 Å². The van der Waals surface area contributed by atoms with Gasteiger partial charge in [0.1, 0.15) is 6.61 Å². The van der Waals surface area contributed by atoms with Gasteiger partial charge in [0.25, 0.3) is 0 Å². The molecule has 0 bridgehead atoms. The van der Waals surface area contributed by atoms with Crippen molar-refractivity contribution in [2.75, 3.05) is 13.1 Å². The molecule has 0 unspecified atom stereocenters. The zero-order valence-electron chi connectivity index (χ0n) is 14.6. The molecule has 0 radical (unpaired) electrons. The van der Waals surface area contributed by atoms with Gasteiger partial charge in [-0.05, 0) is 24.3 Å². The minimum atomic E-state index is -0.457. The third kappa shape index (κ3) is 7.97. The highest BCUT2D eigenvalue weighted by molar-refractivity contribution is 5.81. The first-order valence-electron chi connectivity index (χ1n) is 8.52. The van der Waals surface area contributed by atoms with E-state index < -0.39 is 12.1 Å². The smallest absolute Gasteiger partial charge is 0.407 e. The first-order valence-corrected chi connectivity index (χ1v) is 8.52. The highest BCUT2D eigenvalue weighted by atomic mass is 16.5. The van der Waals surface area contributed by atoms with Crippen molar-refractivity contribution >= 4 is 12.0 Å². The van der Waals surface area contributed by atoms with Crippen molar-refractivity contribution in [3.8, 4) is 0 Å². The van der Waals surface area contributed by atoms with Gasteiger partial charge < -0.3 is 21.1 Å². The van der Waals surface area contributed by atoms with Crippen LogP contribution >= 0.6 is 0 Å². The molecule has 2 amide bonds. The van der Waals surface area contributed by atoms with Crippen LogP contribution in [0.25, 0.3) is 0 Å². The highest BCUT2D eigenvalue weighted by Gasteiger charge is 2.18. The molecule has 6 nitrogen and oxygen atoms in total. The minimum absolute atomic E-state index is 0.111. The molecule has 0 fully saturated rings. The number of carbonyl (C=O) groups is 2. The van der Waals surface area contributed by atoms with Gasteiger partial charge in [-0.15, -0.1) is 0 Å². The van der Waals surface area contributed by atoms with E-state index in [-0.39, 0.29) is 18.4 Å². The Hall–Kier alpha value is -2.08. The lowest BCUT2D eigenvalue weighted by atomic mass is 9.99. The minimum Gasteiger partial charge on any atom is -0.445 e. The third-order valence-electron chi connectivity index (χ3n) is 3.94. The zero-order chi connectivity index (χ0) is 17.8. The van der Waals surface area contributed by atoms with Gasteiger partial charge in [-0.1, -0.05) is 50.6 Å². The van der Waals surface area contributed by atoms with Crippen LogP contribution in [0.2, 0.25) is 0 Å². The summed E-state index contributed by atoms with van der Waals surface area (Å²) in [5.41, 5.74) is 6.80. The maximum Gasteiger partial charge on any atom is 0.407 e. The van der Waals surface area contributed by atoms with E-state index in [2.05, 4.69) is 10.6 Å². The van der Waals surface area contributed by atoms with E-state index >= 15 is 0 Å². The van der Waals surface area contributed by atoms with Crippen LogP contribution in [0.4, 0.5) is 4.79 Å². The summed E-state index contributed by atoms with van der Waals surface area (Å²) in [5.74, 6) is 0.0608. The summed E-state index contributed by atoms with van der Waals surface area (Å²) in [6.45, 7) is 5.32. The molecule has 0 spiro atoms. The molecule has 0 saturated carbocycles. The lowest BCUT2D eigenvalue weighted by molar-refractivity contribution is -0.123. The average Bonchev–Trinajstić information content (AvgIpc) is 2.62. The quantitative estimate of drug-likeness (QED) is 0.571. The van der Waals surface area contributed by atoms with Crippen LogP contribution in [0, 0.1) is 5.92 Å². The number of hydrogen-bond acceptors (Lipinski definition) is 4. The van der Waals surface area contributed by atoms with Gasteiger partial charge in [-0.2, -0.15) is 0 Å². The van der Waals surface area contributed by atoms with E-state index in [1.807, 2.05) is 44.2 Å². The number of carbonyl (C=O) groups excluding carboxylic acids is 2. The Morgan fingerprint density at radius 1 is 1.12 bits per heavy atom. The van der Waals surface area contributed by atoms with Crippen LogP contribution in [-0.4, -0.2) is 31.1 Å². The largest absolute Gasteiger partial charge is 0.445 e. The first-order chi connectivity index (χ1) is 11.5. The number of nitrogens with two attached hydrogens (primary N) is 1. The molecule has 0 aromatic heterocycles. The van der Waals surface area contributed by atoms with E-state index in [1.54, 1.807) is 0 Å². The van der Waals surface area contributed by atoms with Crippen molar-refractivity contribution in [2.45, 2.75) is 45.8 Å². The molecular formula is C18H29N3O3. The summed E-state index contributed by atoms with van der Waals surface area (Å²) in [4.78, 5) is 23.3. The lowest BCUT2D eigenvalue weighted by Crippen LogP contribution is -2.44. The van der Waals surface area contributed by atoms with E-state index in [4.69, 9.17) is 10.5 Å². The van der Waals surface area contributed by atoms with E-state index in [0.717, 1.165) is 24.8 Å². The number of rotatable bonds is 10. The number of nitrogens with one attached hydrogen (secondary N) is 2. The van der Waals surface area contributed by atoms with Crippen LogP contribution in [-0.2, 0) is 16.1 Å². The molecule has 0 aliphatic carbocycles. The molecule has 1 aromatic carbocycles. The summed E-state index contributed by atoms with van der Waals surface area (Å²) in [5, 5.41) is 5.52. The van der Waals surface area contributed by atoms with Gasteiger partial charge in [0.15, 0.2) is 0 Å². The number of hydrogen-bond donors (Lipinski definition) is 3. The van der Waals surface area contributed by atoms with E-state index in [9.17, 15) is 9.59 Å². The molecule has 6 heteroatoms. The molecular weight excluding hydrogens is 306 g/mol. The second-order valence-corrected chi connectivity index (χ2v) is 5.90.